The summed E-state index contributed by atoms with van der Waals surface area (Å²) < 4.78 is 10.6. The van der Waals surface area contributed by atoms with Gasteiger partial charge >= 0.3 is 0 Å². The van der Waals surface area contributed by atoms with Gasteiger partial charge in [-0.2, -0.15) is 4.98 Å². The van der Waals surface area contributed by atoms with Crippen LogP contribution >= 0.6 is 0 Å². The molecule has 0 saturated heterocycles. The first-order valence-electron chi connectivity index (χ1n) is 10.4. The molecule has 1 fully saturated rings. The molecule has 1 saturated carbocycles. The van der Waals surface area contributed by atoms with Crippen molar-refractivity contribution in [2.75, 3.05) is 6.61 Å². The van der Waals surface area contributed by atoms with E-state index in [9.17, 15) is 9.59 Å². The number of nitrogens with one attached hydrogen (secondary N) is 1. The first kappa shape index (κ1) is 21.0. The quantitative estimate of drug-likeness (QED) is 0.530. The van der Waals surface area contributed by atoms with E-state index in [0.717, 1.165) is 44.3 Å². The smallest absolute Gasteiger partial charge is 0.223 e. The van der Waals surface area contributed by atoms with Gasteiger partial charge in [-0.25, -0.2) is 0 Å². The predicted octanol–water partition coefficient (Wildman–Crippen LogP) is 4.11. The van der Waals surface area contributed by atoms with Crippen LogP contribution in [0.25, 0.3) is 0 Å². The lowest BCUT2D eigenvalue weighted by atomic mass is 9.88. The maximum Gasteiger partial charge on any atom is 0.223 e. The van der Waals surface area contributed by atoms with Crippen LogP contribution in [0.5, 0.6) is 5.75 Å². The van der Waals surface area contributed by atoms with Crippen molar-refractivity contribution in [3.63, 3.8) is 0 Å². The highest BCUT2D eigenvalue weighted by molar-refractivity contribution is 5.98. The molecule has 0 unspecified atom stereocenters. The molecule has 0 spiro atoms. The molecule has 3 rings (SSSR count). The predicted molar refractivity (Wildman–Crippen MR) is 108 cm³/mol. The lowest BCUT2D eigenvalue weighted by Crippen LogP contribution is -2.46. The van der Waals surface area contributed by atoms with Crippen LogP contribution in [0.2, 0.25) is 0 Å². The van der Waals surface area contributed by atoms with E-state index in [1.54, 1.807) is 31.2 Å². The third-order valence-corrected chi connectivity index (χ3v) is 5.36. The SMILES string of the molecule is CCOc1ccc(C(=O)CCC(=O)NC2(c3noc(C)n3)CCCCCC2)cc1. The summed E-state index contributed by atoms with van der Waals surface area (Å²) in [5.41, 5.74) is -0.0210. The van der Waals surface area contributed by atoms with Crippen LogP contribution in [-0.2, 0) is 10.3 Å². The Balaban J connectivity index is 1.62. The van der Waals surface area contributed by atoms with Crippen LogP contribution in [0.3, 0.4) is 0 Å². The van der Waals surface area contributed by atoms with Crippen molar-refractivity contribution < 1.29 is 18.8 Å². The van der Waals surface area contributed by atoms with Crippen LogP contribution < -0.4 is 10.1 Å². The van der Waals surface area contributed by atoms with Crippen molar-refractivity contribution in [2.24, 2.45) is 0 Å². The van der Waals surface area contributed by atoms with Gasteiger partial charge in [-0.1, -0.05) is 30.8 Å². The first-order chi connectivity index (χ1) is 14.0. The maximum atomic E-state index is 12.7. The number of ketones is 1. The Labute approximate surface area is 171 Å². The summed E-state index contributed by atoms with van der Waals surface area (Å²) in [6, 6.07) is 7.02. The van der Waals surface area contributed by atoms with Gasteiger partial charge in [0.05, 0.1) is 6.61 Å². The minimum atomic E-state index is -0.604. The van der Waals surface area contributed by atoms with Crippen molar-refractivity contribution in [2.45, 2.75) is 70.8 Å². The van der Waals surface area contributed by atoms with Gasteiger partial charge in [-0.3, -0.25) is 9.59 Å². The molecule has 7 heteroatoms. The highest BCUT2D eigenvalue weighted by atomic mass is 16.5. The summed E-state index contributed by atoms with van der Waals surface area (Å²) in [5.74, 6) is 1.54. The summed E-state index contributed by atoms with van der Waals surface area (Å²) in [6.07, 6.45) is 6.11. The van der Waals surface area contributed by atoms with Gasteiger partial charge < -0.3 is 14.6 Å². The number of nitrogens with zero attached hydrogens (tertiary/aromatic N) is 2. The molecule has 1 N–H and O–H groups in total. The molecular formula is C22H29N3O4. The molecule has 0 aliphatic heterocycles. The normalized spacial score (nSPS) is 16.1. The summed E-state index contributed by atoms with van der Waals surface area (Å²) in [6.45, 7) is 4.24. The lowest BCUT2D eigenvalue weighted by Gasteiger charge is -2.30. The van der Waals surface area contributed by atoms with Gasteiger partial charge in [0, 0.05) is 25.3 Å². The molecule has 1 aliphatic rings. The third-order valence-electron chi connectivity index (χ3n) is 5.36. The minimum Gasteiger partial charge on any atom is -0.494 e. The second-order valence-electron chi connectivity index (χ2n) is 7.56. The molecule has 156 valence electrons. The number of aromatic nitrogens is 2. The molecule has 1 aromatic carbocycles. The standard InChI is InChI=1S/C22H29N3O4/c1-3-28-18-10-8-17(9-11-18)19(26)12-13-20(27)24-22(14-6-4-5-7-15-22)21-23-16(2)29-25-21/h8-11H,3-7,12-15H2,1-2H3,(H,24,27). The zero-order chi connectivity index (χ0) is 20.7. The van der Waals surface area contributed by atoms with Gasteiger partial charge in [-0.05, 0) is 44.0 Å². The lowest BCUT2D eigenvalue weighted by molar-refractivity contribution is -0.123. The number of hydrogen-bond acceptors (Lipinski definition) is 6. The molecule has 2 aromatic rings. The van der Waals surface area contributed by atoms with Crippen LogP contribution in [0.15, 0.2) is 28.8 Å². The first-order valence-corrected chi connectivity index (χ1v) is 10.4. The fraction of sp³-hybridized carbons (Fsp3) is 0.545. The van der Waals surface area contributed by atoms with Gasteiger partial charge in [-0.15, -0.1) is 0 Å². The van der Waals surface area contributed by atoms with E-state index in [1.807, 2.05) is 6.92 Å². The van der Waals surface area contributed by atoms with E-state index in [-0.39, 0.29) is 24.5 Å². The van der Waals surface area contributed by atoms with Gasteiger partial charge in [0.2, 0.25) is 11.8 Å². The zero-order valence-electron chi connectivity index (χ0n) is 17.2. The number of rotatable bonds is 8. The Morgan fingerprint density at radius 1 is 1.10 bits per heavy atom. The molecule has 1 amide bonds. The Morgan fingerprint density at radius 2 is 1.79 bits per heavy atom. The molecule has 0 bridgehead atoms. The van der Waals surface area contributed by atoms with E-state index in [2.05, 4.69) is 15.5 Å². The minimum absolute atomic E-state index is 0.0616. The summed E-state index contributed by atoms with van der Waals surface area (Å²) in [7, 11) is 0. The number of ether oxygens (including phenoxy) is 1. The van der Waals surface area contributed by atoms with E-state index >= 15 is 0 Å². The number of amides is 1. The topological polar surface area (TPSA) is 94.3 Å². The number of carbonyl (C=O) groups excluding carboxylic acids is 2. The molecule has 1 aliphatic carbocycles. The van der Waals surface area contributed by atoms with Crippen LogP contribution in [0.4, 0.5) is 0 Å². The molecule has 1 aromatic heterocycles. The average molecular weight is 399 g/mol. The fourth-order valence-corrected chi connectivity index (χ4v) is 3.83. The zero-order valence-corrected chi connectivity index (χ0v) is 17.2. The number of hydrogen-bond donors (Lipinski definition) is 1. The van der Waals surface area contributed by atoms with E-state index in [4.69, 9.17) is 9.26 Å². The van der Waals surface area contributed by atoms with E-state index in [1.165, 1.54) is 0 Å². The van der Waals surface area contributed by atoms with Crippen molar-refractivity contribution >= 4 is 11.7 Å². The van der Waals surface area contributed by atoms with Crippen LogP contribution in [0, 0.1) is 6.92 Å². The van der Waals surface area contributed by atoms with Crippen LogP contribution in [-0.4, -0.2) is 28.4 Å². The van der Waals surface area contributed by atoms with E-state index in [0.29, 0.717) is 23.9 Å². The van der Waals surface area contributed by atoms with Gasteiger partial charge in [0.15, 0.2) is 11.6 Å². The Kier molecular flexibility index (Phi) is 7.01. The molecule has 0 atom stereocenters. The number of benzene rings is 1. The average Bonchev–Trinajstić information content (AvgIpc) is 3.02. The monoisotopic (exact) mass is 399 g/mol. The summed E-state index contributed by atoms with van der Waals surface area (Å²) in [5, 5.41) is 7.23. The molecule has 29 heavy (non-hydrogen) atoms. The number of Topliss-reactive ketones (excluding diaryl/α,β-unsaturated/α-hetero) is 1. The highest BCUT2D eigenvalue weighted by Gasteiger charge is 2.38. The summed E-state index contributed by atoms with van der Waals surface area (Å²) in [4.78, 5) is 29.6. The number of carbonyl (C=O) groups is 2. The van der Waals surface area contributed by atoms with Crippen molar-refractivity contribution in [3.05, 3.63) is 41.5 Å². The second kappa shape index (κ2) is 9.67. The largest absolute Gasteiger partial charge is 0.494 e. The van der Waals surface area contributed by atoms with Crippen molar-refractivity contribution in [1.82, 2.24) is 15.5 Å². The van der Waals surface area contributed by atoms with Gasteiger partial charge in [0.1, 0.15) is 11.3 Å². The third kappa shape index (κ3) is 5.43. The Hall–Kier alpha value is -2.70. The molecule has 0 radical (unpaired) electrons. The maximum absolute atomic E-state index is 12.7. The number of aryl methyl sites for hydroxylation is 1. The Morgan fingerprint density at radius 3 is 2.38 bits per heavy atom. The van der Waals surface area contributed by atoms with E-state index < -0.39 is 5.54 Å². The molecule has 1 heterocycles. The summed E-state index contributed by atoms with van der Waals surface area (Å²) >= 11 is 0. The van der Waals surface area contributed by atoms with Gasteiger partial charge in [0.25, 0.3) is 0 Å². The van der Waals surface area contributed by atoms with Crippen LogP contribution in [0.1, 0.15) is 80.4 Å². The molecule has 7 nitrogen and oxygen atoms in total. The van der Waals surface area contributed by atoms with Crippen molar-refractivity contribution in [3.8, 4) is 5.75 Å². The van der Waals surface area contributed by atoms with Crippen molar-refractivity contribution in [1.29, 1.82) is 0 Å². The second-order valence-corrected chi connectivity index (χ2v) is 7.56. The molecular weight excluding hydrogens is 370 g/mol. The Bertz CT molecular complexity index is 821. The fourth-order valence-electron chi connectivity index (χ4n) is 3.83. The highest BCUT2D eigenvalue weighted by Crippen LogP contribution is 2.34.